The first kappa shape index (κ1) is 13.5. The van der Waals surface area contributed by atoms with Crippen LogP contribution in [0.1, 0.15) is 11.1 Å². The summed E-state index contributed by atoms with van der Waals surface area (Å²) in [4.78, 5) is 8.17. The quantitative estimate of drug-likeness (QED) is 0.609. The van der Waals surface area contributed by atoms with Gasteiger partial charge in [0.1, 0.15) is 12.1 Å². The van der Waals surface area contributed by atoms with E-state index in [-0.39, 0.29) is 0 Å². The van der Waals surface area contributed by atoms with Gasteiger partial charge in [0.15, 0.2) is 5.65 Å². The number of benzene rings is 2. The van der Waals surface area contributed by atoms with E-state index < -0.39 is 0 Å². The normalized spacial score (nSPS) is 11.0. The van der Waals surface area contributed by atoms with Crippen LogP contribution in [-0.2, 0) is 6.42 Å². The molecule has 23 heavy (non-hydrogen) atoms. The van der Waals surface area contributed by atoms with Gasteiger partial charge in [0.25, 0.3) is 0 Å². The number of fused-ring (bicyclic) bond motifs is 1. The lowest BCUT2D eigenvalue weighted by Crippen LogP contribution is -1.93. The van der Waals surface area contributed by atoms with Gasteiger partial charge in [-0.15, -0.1) is 0 Å². The highest BCUT2D eigenvalue weighted by Crippen LogP contribution is 2.28. The molecule has 0 spiro atoms. The fraction of sp³-hybridized carbons (Fsp3) is 0.0556. The summed E-state index contributed by atoms with van der Waals surface area (Å²) in [6.07, 6.45) is 2.33. The molecule has 0 aliphatic rings. The smallest absolute Gasteiger partial charge is 0.186 e. The van der Waals surface area contributed by atoms with Crippen LogP contribution in [0.5, 0.6) is 0 Å². The Morgan fingerprint density at radius 3 is 2.39 bits per heavy atom. The summed E-state index contributed by atoms with van der Waals surface area (Å²) in [5, 5.41) is 7.96. The van der Waals surface area contributed by atoms with E-state index in [9.17, 15) is 0 Å². The van der Waals surface area contributed by atoms with Crippen molar-refractivity contribution in [1.29, 1.82) is 0 Å². The van der Waals surface area contributed by atoms with Gasteiger partial charge in [0.2, 0.25) is 0 Å². The third kappa shape index (κ3) is 2.53. The van der Waals surface area contributed by atoms with Crippen LogP contribution >= 0.6 is 0 Å². The monoisotopic (exact) mass is 301 g/mol. The molecular weight excluding hydrogens is 286 g/mol. The molecule has 5 nitrogen and oxygen atoms in total. The van der Waals surface area contributed by atoms with Crippen LogP contribution < -0.4 is 5.73 Å². The molecule has 0 amide bonds. The zero-order valence-corrected chi connectivity index (χ0v) is 12.4. The molecule has 0 aliphatic carbocycles. The summed E-state index contributed by atoms with van der Waals surface area (Å²) < 4.78 is 0. The molecule has 0 unspecified atom stereocenters. The van der Waals surface area contributed by atoms with Crippen LogP contribution in [0.4, 0.5) is 5.82 Å². The minimum atomic E-state index is 0.437. The predicted molar refractivity (Wildman–Crippen MR) is 90.8 cm³/mol. The van der Waals surface area contributed by atoms with Crippen LogP contribution in [0.25, 0.3) is 22.3 Å². The van der Waals surface area contributed by atoms with Gasteiger partial charge < -0.3 is 5.73 Å². The molecule has 112 valence electrons. The Hall–Kier alpha value is -3.21. The second kappa shape index (κ2) is 5.53. The number of hydrogen-bond donors (Lipinski definition) is 2. The molecule has 0 saturated carbocycles. The Morgan fingerprint density at radius 1 is 0.870 bits per heavy atom. The number of anilines is 1. The van der Waals surface area contributed by atoms with Gasteiger partial charge in [0.05, 0.1) is 11.1 Å². The first-order valence-electron chi connectivity index (χ1n) is 7.39. The third-order valence-corrected chi connectivity index (χ3v) is 3.87. The Bertz CT molecular complexity index is 942. The van der Waals surface area contributed by atoms with E-state index in [4.69, 9.17) is 5.73 Å². The highest BCUT2D eigenvalue weighted by Gasteiger charge is 2.12. The summed E-state index contributed by atoms with van der Waals surface area (Å²) in [6.45, 7) is 0. The Labute approximate surface area is 133 Å². The third-order valence-electron chi connectivity index (χ3n) is 3.87. The molecule has 0 radical (unpaired) electrons. The van der Waals surface area contributed by atoms with Gasteiger partial charge in [-0.1, -0.05) is 54.6 Å². The molecule has 0 aliphatic heterocycles. The Kier molecular flexibility index (Phi) is 3.24. The molecule has 0 atom stereocenters. The van der Waals surface area contributed by atoms with Gasteiger partial charge >= 0.3 is 0 Å². The molecule has 2 aromatic carbocycles. The van der Waals surface area contributed by atoms with Crippen LogP contribution in [0, 0.1) is 0 Å². The first-order valence-corrected chi connectivity index (χ1v) is 7.39. The lowest BCUT2D eigenvalue weighted by atomic mass is 10.0. The number of nitrogens with two attached hydrogens (primary N) is 1. The Balaban J connectivity index is 1.67. The number of nitrogen functional groups attached to an aromatic ring is 1. The highest BCUT2D eigenvalue weighted by molar-refractivity contribution is 5.97. The van der Waals surface area contributed by atoms with Crippen LogP contribution in [0.3, 0.4) is 0 Å². The fourth-order valence-corrected chi connectivity index (χ4v) is 2.71. The topological polar surface area (TPSA) is 80.5 Å². The van der Waals surface area contributed by atoms with Crippen molar-refractivity contribution >= 4 is 16.9 Å². The van der Waals surface area contributed by atoms with Crippen molar-refractivity contribution < 1.29 is 0 Å². The van der Waals surface area contributed by atoms with Gasteiger partial charge in [0, 0.05) is 5.56 Å². The zero-order chi connectivity index (χ0) is 15.6. The van der Waals surface area contributed by atoms with E-state index >= 15 is 0 Å². The summed E-state index contributed by atoms with van der Waals surface area (Å²) >= 11 is 0. The van der Waals surface area contributed by atoms with E-state index in [1.807, 2.05) is 6.07 Å². The van der Waals surface area contributed by atoms with E-state index in [1.165, 1.54) is 17.5 Å². The lowest BCUT2D eigenvalue weighted by Gasteiger charge is -2.04. The second-order valence-corrected chi connectivity index (χ2v) is 5.42. The van der Waals surface area contributed by atoms with Crippen LogP contribution in [0.15, 0.2) is 60.9 Å². The van der Waals surface area contributed by atoms with E-state index in [0.29, 0.717) is 11.5 Å². The Morgan fingerprint density at radius 2 is 1.61 bits per heavy atom. The van der Waals surface area contributed by atoms with Crippen molar-refractivity contribution in [3.05, 3.63) is 72.1 Å². The molecule has 4 aromatic rings. The number of nitrogens with zero attached hydrogens (tertiary/aromatic N) is 3. The van der Waals surface area contributed by atoms with Crippen molar-refractivity contribution in [3.63, 3.8) is 0 Å². The number of hydrogen-bond acceptors (Lipinski definition) is 4. The van der Waals surface area contributed by atoms with Gasteiger partial charge in [-0.05, 0) is 17.5 Å². The van der Waals surface area contributed by atoms with Crippen molar-refractivity contribution in [2.45, 2.75) is 6.42 Å². The maximum Gasteiger partial charge on any atom is 0.186 e. The SMILES string of the molecule is Nc1ncnc2n[nH]c(-c3ccc(Cc4ccccc4)cc3)c12. The van der Waals surface area contributed by atoms with Gasteiger partial charge in [-0.2, -0.15) is 5.10 Å². The van der Waals surface area contributed by atoms with E-state index in [0.717, 1.165) is 23.1 Å². The molecular formula is C18H15N5. The second-order valence-electron chi connectivity index (χ2n) is 5.42. The number of aromatic amines is 1. The average Bonchev–Trinajstić information content (AvgIpc) is 3.02. The first-order chi connectivity index (χ1) is 11.3. The molecule has 4 rings (SSSR count). The van der Waals surface area contributed by atoms with Crippen molar-refractivity contribution in [3.8, 4) is 11.3 Å². The zero-order valence-electron chi connectivity index (χ0n) is 12.4. The molecule has 5 heteroatoms. The summed E-state index contributed by atoms with van der Waals surface area (Å²) in [5.41, 5.74) is 11.0. The molecule has 3 N–H and O–H groups in total. The highest BCUT2D eigenvalue weighted by atomic mass is 15.2. The van der Waals surface area contributed by atoms with Crippen molar-refractivity contribution in [2.75, 3.05) is 5.73 Å². The molecule has 2 heterocycles. The fourth-order valence-electron chi connectivity index (χ4n) is 2.71. The minimum absolute atomic E-state index is 0.437. The summed E-state index contributed by atoms with van der Waals surface area (Å²) in [6, 6.07) is 18.8. The van der Waals surface area contributed by atoms with E-state index in [2.05, 4.69) is 68.7 Å². The molecule has 0 bridgehead atoms. The lowest BCUT2D eigenvalue weighted by molar-refractivity contribution is 1.09. The van der Waals surface area contributed by atoms with Crippen LogP contribution in [0.2, 0.25) is 0 Å². The number of nitrogens with one attached hydrogen (secondary N) is 1. The predicted octanol–water partition coefficient (Wildman–Crippen LogP) is 3.19. The van der Waals surface area contributed by atoms with E-state index in [1.54, 1.807) is 0 Å². The van der Waals surface area contributed by atoms with Crippen LogP contribution in [-0.4, -0.2) is 20.2 Å². The maximum atomic E-state index is 5.96. The van der Waals surface area contributed by atoms with Gasteiger partial charge in [-0.3, -0.25) is 5.10 Å². The van der Waals surface area contributed by atoms with Crippen molar-refractivity contribution in [2.24, 2.45) is 0 Å². The maximum absolute atomic E-state index is 5.96. The molecule has 2 aromatic heterocycles. The molecule has 0 fully saturated rings. The number of aromatic nitrogens is 4. The average molecular weight is 301 g/mol. The minimum Gasteiger partial charge on any atom is -0.383 e. The summed E-state index contributed by atoms with van der Waals surface area (Å²) in [5.74, 6) is 0.437. The van der Waals surface area contributed by atoms with Gasteiger partial charge in [-0.25, -0.2) is 9.97 Å². The van der Waals surface area contributed by atoms with Crippen molar-refractivity contribution in [1.82, 2.24) is 20.2 Å². The largest absolute Gasteiger partial charge is 0.383 e. The summed E-state index contributed by atoms with van der Waals surface area (Å²) in [7, 11) is 0. The number of rotatable bonds is 3. The standard InChI is InChI=1S/C18H15N5/c19-17-15-16(22-23-18(15)21-11-20-17)14-8-6-13(7-9-14)10-12-4-2-1-3-5-12/h1-9,11H,10H2,(H3,19,20,21,22,23). The number of H-pyrrole nitrogens is 1. The molecule has 0 saturated heterocycles.